The van der Waals surface area contributed by atoms with Gasteiger partial charge in [0.15, 0.2) is 6.61 Å². The van der Waals surface area contributed by atoms with E-state index in [1.807, 2.05) is 31.2 Å². The summed E-state index contributed by atoms with van der Waals surface area (Å²) in [6.45, 7) is 1.83. The molecule has 0 fully saturated rings. The minimum atomic E-state index is -0.555. The van der Waals surface area contributed by atoms with Crippen LogP contribution in [0.4, 0.5) is 0 Å². The van der Waals surface area contributed by atoms with Gasteiger partial charge in [-0.15, -0.1) is 0 Å². The topological polar surface area (TPSA) is 83.7 Å². The summed E-state index contributed by atoms with van der Waals surface area (Å²) in [5.74, 6) is 1.05. The van der Waals surface area contributed by atoms with Crippen molar-refractivity contribution < 1.29 is 23.5 Å². The maximum absolute atomic E-state index is 12.3. The maximum Gasteiger partial charge on any atom is 0.342 e. The summed E-state index contributed by atoms with van der Waals surface area (Å²) < 4.78 is 20.7. The molecule has 0 saturated heterocycles. The molecule has 0 N–H and O–H groups in total. The van der Waals surface area contributed by atoms with Crippen molar-refractivity contribution in [2.75, 3.05) is 14.2 Å². The minimum Gasteiger partial charge on any atom is -0.497 e. The molecule has 0 radical (unpaired) electrons. The standard InChI is InChI=1S/C19H18N2O5/c1-12-6-4-5-7-14(12)18-20-17(26-21-18)11-25-19(22)15-9-8-13(23-2)10-16(15)24-3/h4-10H,11H2,1-3H3. The predicted molar refractivity (Wildman–Crippen MR) is 93.1 cm³/mol. The Kier molecular flexibility index (Phi) is 5.17. The lowest BCUT2D eigenvalue weighted by Gasteiger charge is -2.09. The SMILES string of the molecule is COc1ccc(C(=O)OCc2nc(-c3ccccc3C)no2)c(OC)c1. The molecule has 2 aromatic carbocycles. The third kappa shape index (κ3) is 3.66. The number of ether oxygens (including phenoxy) is 3. The lowest BCUT2D eigenvalue weighted by atomic mass is 10.1. The normalized spacial score (nSPS) is 10.4. The van der Waals surface area contributed by atoms with Gasteiger partial charge in [0.25, 0.3) is 5.89 Å². The first-order valence-electron chi connectivity index (χ1n) is 7.90. The van der Waals surface area contributed by atoms with E-state index in [9.17, 15) is 4.79 Å². The van der Waals surface area contributed by atoms with Crippen LogP contribution < -0.4 is 9.47 Å². The first-order chi connectivity index (χ1) is 12.6. The van der Waals surface area contributed by atoms with Crippen molar-refractivity contribution in [3.63, 3.8) is 0 Å². The highest BCUT2D eigenvalue weighted by Crippen LogP contribution is 2.25. The van der Waals surface area contributed by atoms with Gasteiger partial charge in [0, 0.05) is 11.6 Å². The highest BCUT2D eigenvalue weighted by Gasteiger charge is 2.17. The van der Waals surface area contributed by atoms with Crippen molar-refractivity contribution in [1.82, 2.24) is 10.1 Å². The Hall–Kier alpha value is -3.35. The molecule has 0 unspecified atom stereocenters. The van der Waals surface area contributed by atoms with Gasteiger partial charge < -0.3 is 18.7 Å². The first kappa shape index (κ1) is 17.5. The molecule has 26 heavy (non-hydrogen) atoms. The molecule has 7 heteroatoms. The molecular formula is C19H18N2O5. The zero-order valence-electron chi connectivity index (χ0n) is 14.7. The Morgan fingerprint density at radius 1 is 1.12 bits per heavy atom. The van der Waals surface area contributed by atoms with E-state index in [0.717, 1.165) is 11.1 Å². The Morgan fingerprint density at radius 3 is 2.65 bits per heavy atom. The summed E-state index contributed by atoms with van der Waals surface area (Å²) in [6.07, 6.45) is 0. The van der Waals surface area contributed by atoms with E-state index < -0.39 is 5.97 Å². The van der Waals surface area contributed by atoms with Crippen LogP contribution in [0.2, 0.25) is 0 Å². The second-order valence-electron chi connectivity index (χ2n) is 5.47. The summed E-state index contributed by atoms with van der Waals surface area (Å²) in [6, 6.07) is 12.5. The Labute approximate surface area is 150 Å². The van der Waals surface area contributed by atoms with Gasteiger partial charge in [-0.2, -0.15) is 4.98 Å². The molecule has 0 atom stereocenters. The molecule has 0 aliphatic heterocycles. The average Bonchev–Trinajstić information content (AvgIpc) is 3.14. The number of nitrogens with zero attached hydrogens (tertiary/aromatic N) is 2. The number of carbonyl (C=O) groups excluding carboxylic acids is 1. The molecule has 1 heterocycles. The molecule has 0 aliphatic rings. The average molecular weight is 354 g/mol. The van der Waals surface area contributed by atoms with Crippen LogP contribution in [-0.4, -0.2) is 30.3 Å². The number of benzene rings is 2. The molecular weight excluding hydrogens is 336 g/mol. The van der Waals surface area contributed by atoms with Crippen LogP contribution >= 0.6 is 0 Å². The molecule has 0 bridgehead atoms. The second-order valence-corrected chi connectivity index (χ2v) is 5.47. The quantitative estimate of drug-likeness (QED) is 0.627. The summed E-state index contributed by atoms with van der Waals surface area (Å²) in [5, 5.41) is 3.94. The van der Waals surface area contributed by atoms with Gasteiger partial charge >= 0.3 is 5.97 Å². The Bertz CT molecular complexity index is 920. The van der Waals surface area contributed by atoms with Crippen LogP contribution in [-0.2, 0) is 11.3 Å². The highest BCUT2D eigenvalue weighted by atomic mass is 16.6. The number of methoxy groups -OCH3 is 2. The fourth-order valence-electron chi connectivity index (χ4n) is 2.42. The van der Waals surface area contributed by atoms with Crippen LogP contribution in [0.15, 0.2) is 47.0 Å². The van der Waals surface area contributed by atoms with Crippen LogP contribution in [0.25, 0.3) is 11.4 Å². The van der Waals surface area contributed by atoms with E-state index in [-0.39, 0.29) is 18.1 Å². The van der Waals surface area contributed by atoms with E-state index >= 15 is 0 Å². The first-order valence-corrected chi connectivity index (χ1v) is 7.90. The van der Waals surface area contributed by atoms with Gasteiger partial charge in [0.05, 0.1) is 14.2 Å². The molecule has 7 nitrogen and oxygen atoms in total. The zero-order chi connectivity index (χ0) is 18.5. The number of aryl methyl sites for hydroxylation is 1. The molecule has 3 aromatic rings. The van der Waals surface area contributed by atoms with E-state index in [2.05, 4.69) is 10.1 Å². The van der Waals surface area contributed by atoms with E-state index in [1.54, 1.807) is 18.2 Å². The third-order valence-corrected chi connectivity index (χ3v) is 3.81. The molecule has 3 rings (SSSR count). The van der Waals surface area contributed by atoms with Gasteiger partial charge in [0.2, 0.25) is 5.82 Å². The maximum atomic E-state index is 12.3. The smallest absolute Gasteiger partial charge is 0.342 e. The van der Waals surface area contributed by atoms with E-state index in [4.69, 9.17) is 18.7 Å². The van der Waals surface area contributed by atoms with Crippen molar-refractivity contribution in [3.8, 4) is 22.9 Å². The fourth-order valence-corrected chi connectivity index (χ4v) is 2.42. The number of hydrogen-bond acceptors (Lipinski definition) is 7. The van der Waals surface area contributed by atoms with Gasteiger partial charge in [-0.1, -0.05) is 29.4 Å². The van der Waals surface area contributed by atoms with Crippen LogP contribution in [0.5, 0.6) is 11.5 Å². The van der Waals surface area contributed by atoms with Crippen LogP contribution in [0, 0.1) is 6.92 Å². The molecule has 0 saturated carbocycles. The summed E-state index contributed by atoms with van der Waals surface area (Å²) in [5.41, 5.74) is 2.18. The minimum absolute atomic E-state index is 0.132. The monoisotopic (exact) mass is 354 g/mol. The number of esters is 1. The summed E-state index contributed by atoms with van der Waals surface area (Å²) in [7, 11) is 3.01. The van der Waals surface area contributed by atoms with Crippen molar-refractivity contribution in [3.05, 3.63) is 59.5 Å². The lowest BCUT2D eigenvalue weighted by Crippen LogP contribution is -2.07. The number of aromatic nitrogens is 2. The second kappa shape index (κ2) is 7.69. The van der Waals surface area contributed by atoms with Crippen LogP contribution in [0.3, 0.4) is 0 Å². The predicted octanol–water partition coefficient (Wildman–Crippen LogP) is 3.42. The molecule has 134 valence electrons. The van der Waals surface area contributed by atoms with Crippen molar-refractivity contribution >= 4 is 5.97 Å². The molecule has 0 amide bonds. The van der Waals surface area contributed by atoms with Crippen molar-refractivity contribution in [2.45, 2.75) is 13.5 Å². The van der Waals surface area contributed by atoms with Gasteiger partial charge in [-0.3, -0.25) is 0 Å². The lowest BCUT2D eigenvalue weighted by molar-refractivity contribution is 0.0426. The van der Waals surface area contributed by atoms with E-state index in [0.29, 0.717) is 17.3 Å². The Balaban J connectivity index is 1.70. The molecule has 0 aliphatic carbocycles. The molecule has 1 aromatic heterocycles. The molecule has 0 spiro atoms. The van der Waals surface area contributed by atoms with Gasteiger partial charge in [-0.05, 0) is 24.6 Å². The van der Waals surface area contributed by atoms with E-state index in [1.165, 1.54) is 14.2 Å². The number of carbonyl (C=O) groups is 1. The third-order valence-electron chi connectivity index (χ3n) is 3.81. The van der Waals surface area contributed by atoms with Crippen molar-refractivity contribution in [2.24, 2.45) is 0 Å². The number of rotatable bonds is 6. The Morgan fingerprint density at radius 2 is 1.92 bits per heavy atom. The largest absolute Gasteiger partial charge is 0.497 e. The van der Waals surface area contributed by atoms with Crippen LogP contribution in [0.1, 0.15) is 21.8 Å². The van der Waals surface area contributed by atoms with Crippen molar-refractivity contribution in [1.29, 1.82) is 0 Å². The summed E-state index contributed by atoms with van der Waals surface area (Å²) >= 11 is 0. The van der Waals surface area contributed by atoms with Gasteiger partial charge in [0.1, 0.15) is 17.1 Å². The fraction of sp³-hybridized carbons (Fsp3) is 0.211. The summed E-state index contributed by atoms with van der Waals surface area (Å²) in [4.78, 5) is 16.6. The number of hydrogen-bond donors (Lipinski definition) is 0. The zero-order valence-corrected chi connectivity index (χ0v) is 14.7. The highest BCUT2D eigenvalue weighted by molar-refractivity contribution is 5.92. The van der Waals surface area contributed by atoms with Gasteiger partial charge in [-0.25, -0.2) is 4.79 Å².